The van der Waals surface area contributed by atoms with Crippen LogP contribution in [-0.2, 0) is 0 Å². The highest BCUT2D eigenvalue weighted by molar-refractivity contribution is 5.72. The van der Waals surface area contributed by atoms with Gasteiger partial charge in [-0.2, -0.15) is 10.2 Å². The van der Waals surface area contributed by atoms with Crippen molar-refractivity contribution in [1.82, 2.24) is 20.4 Å². The molecule has 0 radical (unpaired) electrons. The third-order valence-electron chi connectivity index (χ3n) is 1.13. The minimum Gasteiger partial charge on any atom is -0.259 e. The third-order valence-corrected chi connectivity index (χ3v) is 1.13. The molecule has 58 valence electrons. The summed E-state index contributed by atoms with van der Waals surface area (Å²) in [4.78, 5) is 0. The first kappa shape index (κ1) is 7.65. The van der Waals surface area contributed by atoms with E-state index in [1.165, 1.54) is 0 Å². The lowest BCUT2D eigenvalue weighted by molar-refractivity contribution is 1.02. The van der Waals surface area contributed by atoms with Crippen LogP contribution in [0.1, 0.15) is 13.8 Å². The van der Waals surface area contributed by atoms with E-state index < -0.39 is 0 Å². The first-order valence-corrected chi connectivity index (χ1v) is 3.57. The smallest absolute Gasteiger partial charge is 0.177 e. The molecule has 11 heavy (non-hydrogen) atoms. The highest BCUT2D eigenvalue weighted by Gasteiger charge is 1.91. The maximum absolute atomic E-state index is 3.77. The van der Waals surface area contributed by atoms with E-state index in [-0.39, 0.29) is 0 Å². The molecule has 2 rings (SSSR count). The molecule has 0 spiro atoms. The van der Waals surface area contributed by atoms with Crippen molar-refractivity contribution in [2.24, 2.45) is 0 Å². The lowest BCUT2D eigenvalue weighted by Gasteiger charge is -1.79. The van der Waals surface area contributed by atoms with Gasteiger partial charge in [0, 0.05) is 5.39 Å². The molecule has 1 N–H and O–H groups in total. The van der Waals surface area contributed by atoms with Gasteiger partial charge in [-0.3, -0.25) is 5.10 Å². The fourth-order valence-corrected chi connectivity index (χ4v) is 0.695. The number of fused-ring (bicyclic) bond motifs is 1. The Bertz CT molecular complexity index is 284. The Morgan fingerprint density at radius 1 is 1.36 bits per heavy atom. The molecule has 0 amide bonds. The summed E-state index contributed by atoms with van der Waals surface area (Å²) in [6.45, 7) is 4.00. The maximum Gasteiger partial charge on any atom is 0.177 e. The van der Waals surface area contributed by atoms with E-state index in [0.717, 1.165) is 11.0 Å². The normalized spacial score (nSPS) is 8.91. The first-order valence-electron chi connectivity index (χ1n) is 3.57. The average Bonchev–Trinajstić information content (AvgIpc) is 2.55. The quantitative estimate of drug-likeness (QED) is 0.617. The molecule has 0 aromatic carbocycles. The topological polar surface area (TPSA) is 54.5 Å². The van der Waals surface area contributed by atoms with Crippen LogP contribution in [-0.4, -0.2) is 20.4 Å². The molecule has 0 bridgehead atoms. The molecular formula is C7H10N4. The van der Waals surface area contributed by atoms with Gasteiger partial charge in [0.05, 0.1) is 12.4 Å². The van der Waals surface area contributed by atoms with E-state index in [1.807, 2.05) is 19.9 Å². The molecular weight excluding hydrogens is 140 g/mol. The zero-order valence-corrected chi connectivity index (χ0v) is 6.57. The van der Waals surface area contributed by atoms with Crippen LogP contribution in [0.2, 0.25) is 0 Å². The maximum atomic E-state index is 3.77. The van der Waals surface area contributed by atoms with Crippen molar-refractivity contribution < 1.29 is 0 Å². The summed E-state index contributed by atoms with van der Waals surface area (Å²) in [5, 5.41) is 14.9. The van der Waals surface area contributed by atoms with E-state index in [1.54, 1.807) is 12.4 Å². The van der Waals surface area contributed by atoms with Crippen molar-refractivity contribution in [2.45, 2.75) is 13.8 Å². The number of aromatic amines is 1. The van der Waals surface area contributed by atoms with E-state index in [0.29, 0.717) is 0 Å². The van der Waals surface area contributed by atoms with Crippen molar-refractivity contribution in [3.63, 3.8) is 0 Å². The molecule has 2 aromatic heterocycles. The van der Waals surface area contributed by atoms with Crippen LogP contribution in [0.5, 0.6) is 0 Å². The van der Waals surface area contributed by atoms with Crippen LogP contribution < -0.4 is 0 Å². The second-order valence-electron chi connectivity index (χ2n) is 1.71. The van der Waals surface area contributed by atoms with Gasteiger partial charge in [0.1, 0.15) is 0 Å². The Morgan fingerprint density at radius 2 is 2.18 bits per heavy atom. The van der Waals surface area contributed by atoms with E-state index in [2.05, 4.69) is 20.4 Å². The number of hydrogen-bond acceptors (Lipinski definition) is 3. The summed E-state index contributed by atoms with van der Waals surface area (Å²) in [6.07, 6.45) is 3.35. The van der Waals surface area contributed by atoms with E-state index >= 15 is 0 Å². The van der Waals surface area contributed by atoms with Crippen LogP contribution in [0.15, 0.2) is 18.5 Å². The standard InChI is InChI=1S/C5H4N4.C2H6/c1-2-6-8-5-4(1)3-7-9-5;1-2/h1-3H,(H,7,8,9);1-2H3. The van der Waals surface area contributed by atoms with Gasteiger partial charge in [-0.05, 0) is 6.07 Å². The van der Waals surface area contributed by atoms with Gasteiger partial charge in [-0.15, -0.1) is 5.10 Å². The second kappa shape index (κ2) is 3.65. The molecule has 0 saturated heterocycles. The summed E-state index contributed by atoms with van der Waals surface area (Å²) in [5.41, 5.74) is 0.734. The van der Waals surface area contributed by atoms with Gasteiger partial charge in [-0.25, -0.2) is 0 Å². The lowest BCUT2D eigenvalue weighted by atomic mass is 10.4. The second-order valence-corrected chi connectivity index (χ2v) is 1.71. The molecule has 0 fully saturated rings. The van der Waals surface area contributed by atoms with Crippen molar-refractivity contribution in [1.29, 1.82) is 0 Å². The monoisotopic (exact) mass is 150 g/mol. The summed E-state index contributed by atoms with van der Waals surface area (Å²) < 4.78 is 0. The van der Waals surface area contributed by atoms with Gasteiger partial charge >= 0.3 is 0 Å². The van der Waals surface area contributed by atoms with Crippen molar-refractivity contribution >= 4 is 11.0 Å². The van der Waals surface area contributed by atoms with Crippen LogP contribution in [0.3, 0.4) is 0 Å². The molecule has 2 aromatic rings. The van der Waals surface area contributed by atoms with Crippen LogP contribution in [0, 0.1) is 0 Å². The Kier molecular flexibility index (Phi) is 2.54. The van der Waals surface area contributed by atoms with Crippen LogP contribution >= 0.6 is 0 Å². The zero-order valence-electron chi connectivity index (χ0n) is 6.57. The minimum absolute atomic E-state index is 0.734. The number of nitrogens with zero attached hydrogens (tertiary/aromatic N) is 3. The third kappa shape index (κ3) is 1.52. The Morgan fingerprint density at radius 3 is 2.91 bits per heavy atom. The van der Waals surface area contributed by atoms with Crippen molar-refractivity contribution in [3.8, 4) is 0 Å². The summed E-state index contributed by atoms with van der Waals surface area (Å²) in [6, 6.07) is 1.85. The Balaban J connectivity index is 0.000000281. The summed E-state index contributed by atoms with van der Waals surface area (Å²) >= 11 is 0. The summed E-state index contributed by atoms with van der Waals surface area (Å²) in [7, 11) is 0. The molecule has 0 aliphatic heterocycles. The largest absolute Gasteiger partial charge is 0.259 e. The predicted molar refractivity (Wildman–Crippen MR) is 43.0 cm³/mol. The van der Waals surface area contributed by atoms with Crippen LogP contribution in [0.4, 0.5) is 0 Å². The fourth-order valence-electron chi connectivity index (χ4n) is 0.695. The number of nitrogens with one attached hydrogen (secondary N) is 1. The van der Waals surface area contributed by atoms with E-state index in [9.17, 15) is 0 Å². The molecule has 0 aliphatic carbocycles. The molecule has 2 heterocycles. The first-order chi connectivity index (χ1) is 5.47. The average molecular weight is 150 g/mol. The molecule has 4 heteroatoms. The fraction of sp³-hybridized carbons (Fsp3) is 0.286. The van der Waals surface area contributed by atoms with Gasteiger partial charge in [-0.1, -0.05) is 13.8 Å². The van der Waals surface area contributed by atoms with Gasteiger partial charge < -0.3 is 0 Å². The molecule has 0 unspecified atom stereocenters. The number of aromatic nitrogens is 4. The number of hydrogen-bond donors (Lipinski definition) is 1. The SMILES string of the molecule is CC.c1cc2cn[nH]c2nn1. The molecule has 4 nitrogen and oxygen atoms in total. The highest BCUT2D eigenvalue weighted by Crippen LogP contribution is 2.01. The lowest BCUT2D eigenvalue weighted by Crippen LogP contribution is -1.78. The van der Waals surface area contributed by atoms with Gasteiger partial charge in [0.25, 0.3) is 0 Å². The summed E-state index contributed by atoms with van der Waals surface area (Å²) in [5.74, 6) is 0. The number of rotatable bonds is 0. The van der Waals surface area contributed by atoms with E-state index in [4.69, 9.17) is 0 Å². The zero-order chi connectivity index (χ0) is 8.10. The Hall–Kier alpha value is -1.45. The van der Waals surface area contributed by atoms with Gasteiger partial charge in [0.15, 0.2) is 5.65 Å². The molecule has 0 saturated carbocycles. The highest BCUT2D eigenvalue weighted by atomic mass is 15.2. The number of H-pyrrole nitrogens is 1. The predicted octanol–water partition coefficient (Wildman–Crippen LogP) is 1.38. The minimum atomic E-state index is 0.734. The van der Waals surface area contributed by atoms with Crippen molar-refractivity contribution in [2.75, 3.05) is 0 Å². The van der Waals surface area contributed by atoms with Gasteiger partial charge in [0.2, 0.25) is 0 Å². The van der Waals surface area contributed by atoms with Crippen LogP contribution in [0.25, 0.3) is 11.0 Å². The molecule has 0 atom stereocenters. The Labute approximate surface area is 64.7 Å². The molecule has 0 aliphatic rings. The van der Waals surface area contributed by atoms with Crippen molar-refractivity contribution in [3.05, 3.63) is 18.5 Å².